The average Bonchev–Trinajstić information content (AvgIpc) is 2.70. The zero-order valence-electron chi connectivity index (χ0n) is 10.4. The number of rotatable bonds is 5. The minimum Gasteiger partial charge on any atom is -0.352 e. The molecule has 4 heteroatoms. The van der Waals surface area contributed by atoms with Crippen LogP contribution in [0.4, 0.5) is 0 Å². The van der Waals surface area contributed by atoms with Gasteiger partial charge in [-0.15, -0.1) is 11.3 Å². The van der Waals surface area contributed by atoms with Crippen molar-refractivity contribution < 1.29 is 4.79 Å². The molecule has 17 heavy (non-hydrogen) atoms. The summed E-state index contributed by atoms with van der Waals surface area (Å²) in [6.45, 7) is 5.74. The second-order valence-electron chi connectivity index (χ2n) is 4.54. The molecule has 2 atom stereocenters. The monoisotopic (exact) mass is 250 g/mol. The van der Waals surface area contributed by atoms with Crippen LogP contribution in [0.15, 0.2) is 17.5 Å². The molecule has 0 aliphatic rings. The predicted octanol–water partition coefficient (Wildman–Crippen LogP) is 2.59. The Morgan fingerprint density at radius 3 is 2.71 bits per heavy atom. The van der Waals surface area contributed by atoms with Crippen LogP contribution in [-0.2, 0) is 11.2 Å². The Labute approximate surface area is 106 Å². The Kier molecular flexibility index (Phi) is 5.17. The highest BCUT2D eigenvalue weighted by atomic mass is 32.1. The predicted molar refractivity (Wildman–Crippen MR) is 69.6 cm³/mol. The number of amides is 1. The normalized spacial score (nSPS) is 14.1. The molecule has 0 aliphatic carbocycles. The fraction of sp³-hybridized carbons (Fsp3) is 0.538. The Bertz CT molecular complexity index is 392. The van der Waals surface area contributed by atoms with Crippen molar-refractivity contribution >= 4 is 17.2 Å². The van der Waals surface area contributed by atoms with E-state index in [-0.39, 0.29) is 17.9 Å². The number of nitrogens with zero attached hydrogens (tertiary/aromatic N) is 1. The highest BCUT2D eigenvalue weighted by Crippen LogP contribution is 2.13. The van der Waals surface area contributed by atoms with Crippen LogP contribution in [0.2, 0.25) is 0 Å². The van der Waals surface area contributed by atoms with Gasteiger partial charge in [0.25, 0.3) is 0 Å². The zero-order valence-corrected chi connectivity index (χ0v) is 11.3. The first-order chi connectivity index (χ1) is 8.04. The minimum atomic E-state index is -0.555. The second-order valence-corrected chi connectivity index (χ2v) is 5.58. The van der Waals surface area contributed by atoms with Crippen molar-refractivity contribution in [1.82, 2.24) is 5.32 Å². The van der Waals surface area contributed by atoms with Gasteiger partial charge in [0.15, 0.2) is 0 Å². The summed E-state index contributed by atoms with van der Waals surface area (Å²) >= 11 is 1.68. The number of carbonyl (C=O) groups excluding carboxylic acids is 1. The fourth-order valence-electron chi connectivity index (χ4n) is 1.62. The molecule has 0 aliphatic heterocycles. The Hall–Kier alpha value is -1.34. The smallest absolute Gasteiger partial charge is 0.237 e. The van der Waals surface area contributed by atoms with Gasteiger partial charge in [0, 0.05) is 17.3 Å². The third kappa shape index (κ3) is 4.20. The maximum atomic E-state index is 11.8. The van der Waals surface area contributed by atoms with Crippen LogP contribution in [0, 0.1) is 23.2 Å². The Morgan fingerprint density at radius 1 is 1.53 bits per heavy atom. The number of hydrogen-bond acceptors (Lipinski definition) is 3. The zero-order chi connectivity index (χ0) is 12.8. The molecule has 0 fully saturated rings. The lowest BCUT2D eigenvalue weighted by molar-refractivity contribution is -0.125. The third-order valence-electron chi connectivity index (χ3n) is 2.56. The molecule has 0 bridgehead atoms. The molecule has 1 aromatic heterocycles. The maximum absolute atomic E-state index is 11.8. The van der Waals surface area contributed by atoms with Crippen molar-refractivity contribution in [2.45, 2.75) is 33.2 Å². The van der Waals surface area contributed by atoms with E-state index >= 15 is 0 Å². The van der Waals surface area contributed by atoms with Crippen LogP contribution in [0.5, 0.6) is 0 Å². The summed E-state index contributed by atoms with van der Waals surface area (Å²) in [5.74, 6) is -0.665. The van der Waals surface area contributed by atoms with Gasteiger partial charge in [-0.05, 0) is 24.3 Å². The van der Waals surface area contributed by atoms with Crippen LogP contribution < -0.4 is 5.32 Å². The molecule has 92 valence electrons. The van der Waals surface area contributed by atoms with Crippen LogP contribution in [0.3, 0.4) is 0 Å². The molecular weight excluding hydrogens is 232 g/mol. The molecular formula is C13H18N2OS. The van der Waals surface area contributed by atoms with E-state index in [1.165, 1.54) is 4.88 Å². The summed E-state index contributed by atoms with van der Waals surface area (Å²) in [7, 11) is 0. The molecule has 2 unspecified atom stereocenters. The lowest BCUT2D eigenvalue weighted by Gasteiger charge is -2.17. The highest BCUT2D eigenvalue weighted by molar-refractivity contribution is 7.09. The Balaban J connectivity index is 2.48. The summed E-state index contributed by atoms with van der Waals surface area (Å²) in [5, 5.41) is 13.8. The van der Waals surface area contributed by atoms with Gasteiger partial charge in [0.05, 0.1) is 6.07 Å². The maximum Gasteiger partial charge on any atom is 0.237 e. The lowest BCUT2D eigenvalue weighted by Crippen LogP contribution is -2.39. The highest BCUT2D eigenvalue weighted by Gasteiger charge is 2.22. The van der Waals surface area contributed by atoms with E-state index < -0.39 is 5.92 Å². The van der Waals surface area contributed by atoms with Gasteiger partial charge in [-0.2, -0.15) is 5.26 Å². The SMILES string of the molecule is CC(Cc1cccs1)NC(=O)C(C#N)C(C)C. The van der Waals surface area contributed by atoms with Crippen molar-refractivity contribution in [3.8, 4) is 6.07 Å². The largest absolute Gasteiger partial charge is 0.352 e. The number of carbonyl (C=O) groups is 1. The number of hydrogen-bond donors (Lipinski definition) is 1. The van der Waals surface area contributed by atoms with Gasteiger partial charge in [-0.1, -0.05) is 19.9 Å². The van der Waals surface area contributed by atoms with E-state index in [9.17, 15) is 4.79 Å². The molecule has 1 amide bonds. The van der Waals surface area contributed by atoms with Gasteiger partial charge in [0.2, 0.25) is 5.91 Å². The lowest BCUT2D eigenvalue weighted by atomic mass is 9.96. The van der Waals surface area contributed by atoms with E-state index in [1.807, 2.05) is 32.2 Å². The second kappa shape index (κ2) is 6.41. The standard InChI is InChI=1S/C13H18N2OS/c1-9(2)12(8-14)13(16)15-10(3)7-11-5-4-6-17-11/h4-6,9-10,12H,7H2,1-3H3,(H,15,16). The molecule has 0 saturated heterocycles. The van der Waals surface area contributed by atoms with E-state index in [4.69, 9.17) is 5.26 Å². The van der Waals surface area contributed by atoms with E-state index in [0.29, 0.717) is 0 Å². The summed E-state index contributed by atoms with van der Waals surface area (Å²) in [4.78, 5) is 13.1. The molecule has 0 radical (unpaired) electrons. The van der Waals surface area contributed by atoms with Gasteiger partial charge in [-0.3, -0.25) is 4.79 Å². The van der Waals surface area contributed by atoms with Crippen molar-refractivity contribution in [3.63, 3.8) is 0 Å². The van der Waals surface area contributed by atoms with Gasteiger partial charge in [-0.25, -0.2) is 0 Å². The average molecular weight is 250 g/mol. The van der Waals surface area contributed by atoms with Gasteiger partial charge in [0.1, 0.15) is 5.92 Å². The van der Waals surface area contributed by atoms with Crippen molar-refractivity contribution in [2.75, 3.05) is 0 Å². The molecule has 1 rings (SSSR count). The molecule has 0 spiro atoms. The van der Waals surface area contributed by atoms with Crippen molar-refractivity contribution in [1.29, 1.82) is 5.26 Å². The van der Waals surface area contributed by atoms with Gasteiger partial charge >= 0.3 is 0 Å². The van der Waals surface area contributed by atoms with E-state index in [0.717, 1.165) is 6.42 Å². The molecule has 0 aromatic carbocycles. The summed E-state index contributed by atoms with van der Waals surface area (Å²) in [6, 6.07) is 6.18. The summed E-state index contributed by atoms with van der Waals surface area (Å²) in [5.41, 5.74) is 0. The third-order valence-corrected chi connectivity index (χ3v) is 3.46. The Morgan fingerprint density at radius 2 is 2.24 bits per heavy atom. The molecule has 1 aromatic rings. The first kappa shape index (κ1) is 13.7. The number of nitrogens with one attached hydrogen (secondary N) is 1. The minimum absolute atomic E-state index is 0.0499. The molecule has 1 heterocycles. The number of nitriles is 1. The van der Waals surface area contributed by atoms with Gasteiger partial charge < -0.3 is 5.32 Å². The fourth-order valence-corrected chi connectivity index (χ4v) is 2.46. The molecule has 3 nitrogen and oxygen atoms in total. The van der Waals surface area contributed by atoms with Crippen LogP contribution in [-0.4, -0.2) is 11.9 Å². The first-order valence-electron chi connectivity index (χ1n) is 5.77. The van der Waals surface area contributed by atoms with Crippen LogP contribution >= 0.6 is 11.3 Å². The van der Waals surface area contributed by atoms with Crippen LogP contribution in [0.25, 0.3) is 0 Å². The quantitative estimate of drug-likeness (QED) is 0.873. The summed E-state index contributed by atoms with van der Waals surface area (Å²) in [6.07, 6.45) is 0.819. The molecule has 1 N–H and O–H groups in total. The van der Waals surface area contributed by atoms with Crippen molar-refractivity contribution in [2.24, 2.45) is 11.8 Å². The number of thiophene rings is 1. The van der Waals surface area contributed by atoms with E-state index in [2.05, 4.69) is 17.5 Å². The summed E-state index contributed by atoms with van der Waals surface area (Å²) < 4.78 is 0. The first-order valence-corrected chi connectivity index (χ1v) is 6.65. The van der Waals surface area contributed by atoms with Crippen molar-refractivity contribution in [3.05, 3.63) is 22.4 Å². The van der Waals surface area contributed by atoms with Crippen LogP contribution in [0.1, 0.15) is 25.6 Å². The topological polar surface area (TPSA) is 52.9 Å². The molecule has 0 saturated carbocycles. The van der Waals surface area contributed by atoms with E-state index in [1.54, 1.807) is 11.3 Å².